The van der Waals surface area contributed by atoms with Crippen LogP contribution in [0.15, 0.2) is 4.90 Å². The molecule has 0 amide bonds. The van der Waals surface area contributed by atoms with Gasteiger partial charge in [-0.15, -0.1) is 0 Å². The zero-order valence-corrected chi connectivity index (χ0v) is 13.4. The molecule has 20 heavy (non-hydrogen) atoms. The van der Waals surface area contributed by atoms with Crippen LogP contribution >= 0.6 is 11.5 Å². The fourth-order valence-corrected chi connectivity index (χ4v) is 4.25. The number of nitrogens with one attached hydrogen (secondary N) is 1. The lowest BCUT2D eigenvalue weighted by molar-refractivity contribution is 0.183. The van der Waals surface area contributed by atoms with Crippen molar-refractivity contribution in [2.45, 2.75) is 24.3 Å². The van der Waals surface area contributed by atoms with Crippen molar-refractivity contribution >= 4 is 32.4 Å². The molecule has 1 aromatic heterocycles. The normalized spacial score (nSPS) is 21.3. The van der Waals surface area contributed by atoms with Gasteiger partial charge < -0.3 is 15.8 Å². The molecule has 1 saturated heterocycles. The van der Waals surface area contributed by atoms with Gasteiger partial charge in [-0.2, -0.15) is 4.37 Å². The Labute approximate surface area is 123 Å². The number of sulfonamides is 1. The van der Waals surface area contributed by atoms with Crippen LogP contribution in [0.4, 0.5) is 10.8 Å². The molecule has 0 radical (unpaired) electrons. The molecule has 0 aromatic carbocycles. The summed E-state index contributed by atoms with van der Waals surface area (Å²) < 4.78 is 35.0. The molecule has 1 aliphatic rings. The minimum atomic E-state index is -3.60. The van der Waals surface area contributed by atoms with Gasteiger partial charge in [0.1, 0.15) is 5.00 Å². The maximum atomic E-state index is 12.3. The molecule has 0 spiro atoms. The van der Waals surface area contributed by atoms with E-state index in [-0.39, 0.29) is 16.8 Å². The highest BCUT2D eigenvalue weighted by molar-refractivity contribution is 7.89. The summed E-state index contributed by atoms with van der Waals surface area (Å²) in [5, 5.41) is 3.72. The highest BCUT2D eigenvalue weighted by Gasteiger charge is 2.30. The first-order valence-corrected chi connectivity index (χ1v) is 8.57. The molecular formula is C11H20N4O3S2. The fraction of sp³-hybridized carbons (Fsp3) is 0.727. The second-order valence-corrected chi connectivity index (χ2v) is 7.93. The van der Waals surface area contributed by atoms with E-state index in [1.807, 2.05) is 6.92 Å². The van der Waals surface area contributed by atoms with Crippen LogP contribution in [-0.2, 0) is 14.8 Å². The lowest BCUT2D eigenvalue weighted by atomic mass is 10.0. The van der Waals surface area contributed by atoms with E-state index in [2.05, 4.69) is 9.69 Å². The van der Waals surface area contributed by atoms with Crippen LogP contribution in [0.3, 0.4) is 0 Å². The van der Waals surface area contributed by atoms with Crippen molar-refractivity contribution in [2.75, 3.05) is 38.4 Å². The molecule has 2 unspecified atom stereocenters. The number of nitrogen functional groups attached to an aromatic ring is 1. The fourth-order valence-electron chi connectivity index (χ4n) is 2.09. The summed E-state index contributed by atoms with van der Waals surface area (Å²) in [4.78, 5) is 0.0678. The van der Waals surface area contributed by atoms with E-state index in [0.717, 1.165) is 28.9 Å². The highest BCUT2D eigenvalue weighted by atomic mass is 32.2. The second kappa shape index (κ2) is 5.84. The van der Waals surface area contributed by atoms with Crippen LogP contribution in [-0.4, -0.2) is 50.4 Å². The number of anilines is 2. The monoisotopic (exact) mass is 320 g/mol. The lowest BCUT2D eigenvalue weighted by Crippen LogP contribution is -2.28. The third kappa shape index (κ3) is 2.90. The zero-order valence-electron chi connectivity index (χ0n) is 11.8. The number of hydrogen-bond donors (Lipinski definition) is 2. The smallest absolute Gasteiger partial charge is 0.249 e. The summed E-state index contributed by atoms with van der Waals surface area (Å²) in [6, 6.07) is 0.105. The molecule has 1 aliphatic heterocycles. The van der Waals surface area contributed by atoms with E-state index in [4.69, 9.17) is 10.5 Å². The minimum absolute atomic E-state index is 0.0427. The van der Waals surface area contributed by atoms with Gasteiger partial charge in [0.25, 0.3) is 0 Å². The van der Waals surface area contributed by atoms with Gasteiger partial charge in [-0.3, -0.25) is 0 Å². The first-order valence-electron chi connectivity index (χ1n) is 6.36. The molecule has 1 aromatic rings. The first kappa shape index (κ1) is 15.5. The molecule has 1 fully saturated rings. The molecule has 2 heterocycles. The van der Waals surface area contributed by atoms with Crippen LogP contribution in [0.2, 0.25) is 0 Å². The first-order chi connectivity index (χ1) is 9.34. The molecule has 0 bridgehead atoms. The minimum Gasteiger partial charge on any atom is -0.382 e. The van der Waals surface area contributed by atoms with Crippen LogP contribution in [0.5, 0.6) is 0 Å². The number of rotatable bonds is 5. The molecule has 2 rings (SSSR count). The largest absolute Gasteiger partial charge is 0.382 e. The van der Waals surface area contributed by atoms with Gasteiger partial charge >= 0.3 is 0 Å². The number of ether oxygens (including phenoxy) is 1. The predicted octanol–water partition coefficient (Wildman–Crippen LogP) is 0.812. The number of nitrogens with two attached hydrogens (primary N) is 1. The maximum Gasteiger partial charge on any atom is 0.249 e. The van der Waals surface area contributed by atoms with E-state index in [0.29, 0.717) is 17.5 Å². The number of nitrogens with zero attached hydrogens (tertiary/aromatic N) is 2. The van der Waals surface area contributed by atoms with Crippen LogP contribution in [0.1, 0.15) is 13.3 Å². The summed E-state index contributed by atoms with van der Waals surface area (Å²) in [7, 11) is -0.648. The van der Waals surface area contributed by atoms with E-state index < -0.39 is 10.0 Å². The molecule has 7 nitrogen and oxygen atoms in total. The van der Waals surface area contributed by atoms with Crippen molar-refractivity contribution in [3.8, 4) is 0 Å². The van der Waals surface area contributed by atoms with Gasteiger partial charge in [0.05, 0.1) is 6.61 Å². The topological polar surface area (TPSA) is 97.5 Å². The average molecular weight is 320 g/mol. The standard InChI is InChI=1S/C11H20N4O3S2/c1-7(8-4-5-18-6-8)13-11-9(10(12)14-19-11)20(16,17)15(2)3/h7-8,13H,4-6H2,1-3H3,(H2,12,14). The zero-order chi connectivity index (χ0) is 14.9. The summed E-state index contributed by atoms with van der Waals surface area (Å²) in [5.41, 5.74) is 5.72. The van der Waals surface area contributed by atoms with Gasteiger partial charge in [0, 0.05) is 32.7 Å². The van der Waals surface area contributed by atoms with Crippen molar-refractivity contribution in [3.05, 3.63) is 0 Å². The van der Waals surface area contributed by atoms with Gasteiger partial charge in [-0.05, 0) is 24.9 Å². The average Bonchev–Trinajstić information content (AvgIpc) is 2.98. The predicted molar refractivity (Wildman–Crippen MR) is 79.4 cm³/mol. The summed E-state index contributed by atoms with van der Waals surface area (Å²) in [6.07, 6.45) is 0.970. The molecule has 9 heteroatoms. The molecule has 0 aliphatic carbocycles. The quantitative estimate of drug-likeness (QED) is 0.833. The van der Waals surface area contributed by atoms with Gasteiger partial charge in [-0.1, -0.05) is 0 Å². The van der Waals surface area contributed by atoms with Crippen molar-refractivity contribution in [1.29, 1.82) is 0 Å². The maximum absolute atomic E-state index is 12.3. The van der Waals surface area contributed by atoms with Crippen molar-refractivity contribution in [1.82, 2.24) is 8.68 Å². The van der Waals surface area contributed by atoms with Gasteiger partial charge in [-0.25, -0.2) is 12.7 Å². The third-order valence-corrected chi connectivity index (χ3v) is 6.26. The van der Waals surface area contributed by atoms with Crippen molar-refractivity contribution < 1.29 is 13.2 Å². The van der Waals surface area contributed by atoms with Crippen molar-refractivity contribution in [2.24, 2.45) is 5.92 Å². The van der Waals surface area contributed by atoms with Gasteiger partial charge in [0.15, 0.2) is 10.7 Å². The SMILES string of the molecule is CC(Nc1snc(N)c1S(=O)(=O)N(C)C)C1CCOC1. The van der Waals surface area contributed by atoms with Crippen molar-refractivity contribution in [3.63, 3.8) is 0 Å². The van der Waals surface area contributed by atoms with E-state index >= 15 is 0 Å². The molecule has 0 saturated carbocycles. The van der Waals surface area contributed by atoms with Crippen LogP contribution < -0.4 is 11.1 Å². The summed E-state index contributed by atoms with van der Waals surface area (Å²) in [6.45, 7) is 3.46. The Morgan fingerprint density at radius 1 is 1.55 bits per heavy atom. The van der Waals surface area contributed by atoms with E-state index in [1.54, 1.807) is 0 Å². The van der Waals surface area contributed by atoms with E-state index in [1.165, 1.54) is 14.1 Å². The van der Waals surface area contributed by atoms with Gasteiger partial charge in [0.2, 0.25) is 10.0 Å². The summed E-state index contributed by atoms with van der Waals surface area (Å²) in [5.74, 6) is 0.411. The second-order valence-electron chi connectivity index (χ2n) is 5.07. The number of aromatic nitrogens is 1. The van der Waals surface area contributed by atoms with Crippen LogP contribution in [0.25, 0.3) is 0 Å². The Bertz CT molecular complexity index is 564. The third-order valence-electron chi connectivity index (χ3n) is 3.44. The Balaban J connectivity index is 2.25. The van der Waals surface area contributed by atoms with E-state index in [9.17, 15) is 8.42 Å². The Hall–Kier alpha value is -0.900. The molecular weight excluding hydrogens is 300 g/mol. The molecule has 3 N–H and O–H groups in total. The highest BCUT2D eigenvalue weighted by Crippen LogP contribution is 2.34. The Kier molecular flexibility index (Phi) is 4.52. The summed E-state index contributed by atoms with van der Waals surface area (Å²) >= 11 is 1.07. The van der Waals surface area contributed by atoms with Crippen LogP contribution in [0, 0.1) is 5.92 Å². The molecule has 114 valence electrons. The number of hydrogen-bond acceptors (Lipinski definition) is 7. The lowest BCUT2D eigenvalue weighted by Gasteiger charge is -2.20. The Morgan fingerprint density at radius 3 is 2.80 bits per heavy atom. The molecule has 2 atom stereocenters. The Morgan fingerprint density at radius 2 is 2.25 bits per heavy atom.